The van der Waals surface area contributed by atoms with Crippen molar-refractivity contribution < 1.29 is 86.6 Å². The third kappa shape index (κ3) is 18.2. The lowest BCUT2D eigenvalue weighted by Gasteiger charge is -2.45. The molecule has 4 aliphatic rings. The Hall–Kier alpha value is -10.0. The first kappa shape index (κ1) is 82.0. The number of hydrogen-bond donors (Lipinski definition) is 9. The summed E-state index contributed by atoms with van der Waals surface area (Å²) in [6.45, 7) is 21.1. The lowest BCUT2D eigenvalue weighted by molar-refractivity contribution is -0.945. The minimum atomic E-state index is -2.05. The first-order valence-electron chi connectivity index (χ1n) is 37.1. The van der Waals surface area contributed by atoms with Crippen molar-refractivity contribution in [2.24, 2.45) is 41.2 Å². The van der Waals surface area contributed by atoms with Crippen LogP contribution < -0.4 is 52.7 Å². The van der Waals surface area contributed by atoms with Crippen molar-refractivity contribution in [3.63, 3.8) is 0 Å². The number of hydrogen-bond acceptors (Lipinski definition) is 21. The minimum absolute atomic E-state index is 0.0127. The van der Waals surface area contributed by atoms with Gasteiger partial charge < -0.3 is 80.2 Å². The second-order valence-electron chi connectivity index (χ2n) is 30.0. The fraction of sp³-hybridized carbons (Fsp3) is 0.512. The van der Waals surface area contributed by atoms with Gasteiger partial charge in [0.1, 0.15) is 35.4 Å². The summed E-state index contributed by atoms with van der Waals surface area (Å²) in [7, 11) is 3.62. The second-order valence-corrected chi connectivity index (χ2v) is 30.0. The maximum absolute atomic E-state index is 15.3. The molecule has 0 saturated carbocycles. The molecule has 4 aliphatic heterocycles. The molecule has 9 rings (SSSR count). The van der Waals surface area contributed by atoms with E-state index < -0.39 is 118 Å². The predicted molar refractivity (Wildman–Crippen MR) is 407 cm³/mol. The van der Waals surface area contributed by atoms with Crippen LogP contribution in [0.25, 0.3) is 38.7 Å². The van der Waals surface area contributed by atoms with E-state index in [1.54, 1.807) is 45.9 Å². The van der Waals surface area contributed by atoms with Crippen molar-refractivity contribution in [1.82, 2.24) is 20.5 Å². The number of aliphatic hydroxyl groups excluding tert-OH is 3. The Morgan fingerprint density at radius 2 is 1.56 bits per heavy atom. The van der Waals surface area contributed by atoms with E-state index in [2.05, 4.69) is 40.1 Å². The maximum Gasteiger partial charge on any atom is 0.312 e. The predicted octanol–water partition coefficient (Wildman–Crippen LogP) is 7.78. The number of aliphatic hydroxyl groups is 3. The number of aromatic hydroxyl groups is 1. The normalized spacial score (nSPS) is 24.6. The number of aromatic nitrogens is 1. The van der Waals surface area contributed by atoms with E-state index in [0.29, 0.717) is 74.0 Å². The molecule has 1 saturated heterocycles. The van der Waals surface area contributed by atoms with Gasteiger partial charge in [-0.05, 0) is 70.6 Å². The van der Waals surface area contributed by atoms with E-state index >= 15 is 4.79 Å². The van der Waals surface area contributed by atoms with Crippen LogP contribution in [-0.2, 0) is 54.3 Å². The first-order valence-corrected chi connectivity index (χ1v) is 37.1. The number of nitrogens with one attached hydrogen (secondary N) is 4. The highest BCUT2D eigenvalue weighted by Crippen LogP contribution is 2.43. The van der Waals surface area contributed by atoms with Crippen molar-refractivity contribution in [1.29, 1.82) is 0 Å². The number of phenols is 1. The van der Waals surface area contributed by atoms with Crippen molar-refractivity contribution in [3.05, 3.63) is 121 Å². The van der Waals surface area contributed by atoms with E-state index in [1.807, 2.05) is 38.1 Å². The number of nitrogens with two attached hydrogens (primary N) is 1. The monoisotopic (exact) mass is 1490 g/mol. The number of piperidine rings is 1. The number of amides is 7. The summed E-state index contributed by atoms with van der Waals surface area (Å²) in [5.74, 6) is -10.3. The van der Waals surface area contributed by atoms with E-state index in [9.17, 15) is 63.6 Å². The average Bonchev–Trinajstić information content (AvgIpc) is 1.42. The lowest BCUT2D eigenvalue weighted by Crippen LogP contribution is -2.55. The number of ketones is 1. The Labute approximate surface area is 627 Å². The zero-order valence-corrected chi connectivity index (χ0v) is 63.8. The van der Waals surface area contributed by atoms with Crippen molar-refractivity contribution in [2.75, 3.05) is 62.4 Å². The van der Waals surface area contributed by atoms with Crippen molar-refractivity contribution in [2.45, 2.75) is 183 Å². The van der Waals surface area contributed by atoms with Crippen LogP contribution in [0.5, 0.6) is 11.5 Å². The van der Waals surface area contributed by atoms with Gasteiger partial charge in [0.05, 0.1) is 60.9 Å². The van der Waals surface area contributed by atoms with Crippen molar-refractivity contribution >= 4 is 103 Å². The van der Waals surface area contributed by atoms with E-state index in [0.717, 1.165) is 17.0 Å². The number of benzene rings is 4. The number of imide groups is 1. The van der Waals surface area contributed by atoms with Gasteiger partial charge in [-0.15, -0.1) is 0 Å². The van der Waals surface area contributed by atoms with E-state index in [4.69, 9.17) is 34.1 Å². The molecule has 108 heavy (non-hydrogen) atoms. The summed E-state index contributed by atoms with van der Waals surface area (Å²) in [5, 5.41) is 58.3. The third-order valence-electron chi connectivity index (χ3n) is 22.0. The molecule has 4 aromatic carbocycles. The molecule has 10 N–H and O–H groups in total. The quantitative estimate of drug-likeness (QED) is 0.00710. The number of quaternary nitrogens is 1. The van der Waals surface area contributed by atoms with Gasteiger partial charge in [-0.3, -0.25) is 48.1 Å². The number of ether oxygens (including phenoxy) is 4. The number of esters is 1. The smallest absolute Gasteiger partial charge is 0.312 e. The molecule has 0 radical (unpaired) electrons. The molecule has 582 valence electrons. The summed E-state index contributed by atoms with van der Waals surface area (Å²) in [6.07, 6.45) is 9.24. The summed E-state index contributed by atoms with van der Waals surface area (Å²) in [5.41, 5.74) is 4.82. The molecule has 28 heteroatoms. The SMILES string of the molecule is CC[N+](C)(Cc1ccc(NC(=O)[C@H](CCCNC(N)=O)CC(=O)[C@@H](NC(=O)CCCCCN2C(=O)C=CC2=O)C(C)C)cc1)C1CCN(c2cc(=O)c3nc4c(oc3c2)c2c(=O)c3c(O)c(C)c5c(c34)=C(O)[C@@](C)(O/C=C/[C@H](OC)[C@@H](C)[C@@H](OC(C)=O)[C@H](C)[C@H](O)[C@H](C)[C@@H](O)[C@@H](C)/C=C/C=C(/C)C(=O)N2)O5)CC1. The summed E-state index contributed by atoms with van der Waals surface area (Å²) in [4.78, 5) is 142. The fourth-order valence-electron chi connectivity index (χ4n) is 15.2. The number of anilines is 3. The molecule has 0 spiro atoms. The summed E-state index contributed by atoms with van der Waals surface area (Å²) < 4.78 is 31.6. The van der Waals surface area contributed by atoms with E-state index in [1.165, 1.54) is 71.4 Å². The Bertz CT molecular complexity index is 4560. The van der Waals surface area contributed by atoms with Gasteiger partial charge in [0.15, 0.2) is 28.2 Å². The van der Waals surface area contributed by atoms with Gasteiger partial charge in [-0.2, -0.15) is 0 Å². The molecule has 5 bridgehead atoms. The van der Waals surface area contributed by atoms with Gasteiger partial charge in [-0.1, -0.05) is 78.3 Å². The highest BCUT2D eigenvalue weighted by atomic mass is 16.7. The number of primary amides is 1. The number of Topliss-reactive ketones (excluding diaryl/α,β-unsaturated/α-hetero) is 1. The lowest BCUT2D eigenvalue weighted by atomic mass is 9.78. The van der Waals surface area contributed by atoms with Crippen LogP contribution in [0.3, 0.4) is 0 Å². The zero-order valence-electron chi connectivity index (χ0n) is 63.8. The number of unbranched alkanes of at least 4 members (excludes halogenated alkanes) is 2. The van der Waals surface area contributed by atoms with Crippen molar-refractivity contribution in [3.8, 4) is 11.5 Å². The van der Waals surface area contributed by atoms with Gasteiger partial charge in [0.2, 0.25) is 22.7 Å². The number of allylic oxidation sites excluding steroid dienone is 2. The third-order valence-corrected chi connectivity index (χ3v) is 22.0. The van der Waals surface area contributed by atoms with Gasteiger partial charge in [0, 0.05) is 160 Å². The van der Waals surface area contributed by atoms with Gasteiger partial charge in [0.25, 0.3) is 17.7 Å². The summed E-state index contributed by atoms with van der Waals surface area (Å²) >= 11 is 0. The van der Waals surface area contributed by atoms with Gasteiger partial charge in [-0.25, -0.2) is 9.78 Å². The number of carbonyl (C=O) groups is 8. The van der Waals surface area contributed by atoms with Crippen LogP contribution in [0.15, 0.2) is 98.7 Å². The molecule has 12 atom stereocenters. The number of nitrogens with zero attached hydrogens (tertiary/aromatic N) is 4. The number of fused-ring (bicyclic) bond motifs is 5. The molecule has 1 unspecified atom stereocenters. The molecule has 7 amide bonds. The van der Waals surface area contributed by atoms with Crippen LogP contribution in [0.2, 0.25) is 0 Å². The van der Waals surface area contributed by atoms with Crippen LogP contribution in [0, 0.1) is 42.4 Å². The number of carbonyl (C=O) groups excluding carboxylic acids is 8. The highest BCUT2D eigenvalue weighted by molar-refractivity contribution is 6.17. The Morgan fingerprint density at radius 3 is 2.20 bits per heavy atom. The van der Waals surface area contributed by atoms with E-state index in [-0.39, 0.29) is 123 Å². The minimum Gasteiger partial charge on any atom is -0.507 e. The topological polar surface area (TPSA) is 395 Å². The van der Waals surface area contributed by atoms with Crippen LogP contribution in [-0.4, -0.2) is 171 Å². The maximum atomic E-state index is 15.3. The summed E-state index contributed by atoms with van der Waals surface area (Å²) in [6, 6.07) is 9.19. The Kier molecular flexibility index (Phi) is 26.5. The Balaban J connectivity index is 0.951. The largest absolute Gasteiger partial charge is 0.507 e. The standard InChI is InChI=1S/C80H103N9O19/c1-14-89(12,41-50-24-26-52(27-25-50)83-78(102)51(22-19-33-82-79(81)103)38-55(91)65(42(2)3)84-59(93)23-16-15-17-34-88-60(94)28-29-61(88)95)54-30-35-87(36-31-54)53-39-56(92)66-58(40-53)107-75-67(85-66)62-63-71(98)48(9)74-64(62)76(100)80(11,108-74)105-37-32-57(104-13)45(6)73(106-49(10)90)47(8)70(97)46(7)69(96)43(4)20-18-21-44(5)77(101)86-68(75)72(63)99/h18,20-21,24-29,32,37,39-40,42-43,45-47,51,54,57,65,69-70,73,96-97H,14-17,19,22-23,30-31,33-36,38,41H2,1-13H3,(H7-,81,82,83,84,85,86,92,93,94,95,98,99,100,101,102,103)/p+1/b20-18+,37-32+,44-21-/t43-,45+,46+,47+,51+,57-,65-,69-,70+,73+,80-,89?/m0/s1. The van der Waals surface area contributed by atoms with Crippen LogP contribution >= 0.6 is 0 Å². The molecule has 1 aromatic heterocycles. The number of urea groups is 1. The second kappa shape index (κ2) is 34.9. The first-order chi connectivity index (χ1) is 51.1. The molecular formula is C80H104N9O19+. The van der Waals surface area contributed by atoms with Crippen LogP contribution in [0.1, 0.15) is 138 Å². The Morgan fingerprint density at radius 1 is 0.880 bits per heavy atom. The highest BCUT2D eigenvalue weighted by Gasteiger charge is 2.45. The molecular weight excluding hydrogens is 1390 g/mol. The van der Waals surface area contributed by atoms with Crippen LogP contribution in [0.4, 0.5) is 21.9 Å². The molecule has 0 aliphatic carbocycles. The zero-order chi connectivity index (χ0) is 79.0. The molecule has 28 nitrogen and oxygen atoms in total. The molecule has 1 fully saturated rings. The molecule has 5 heterocycles. The van der Waals surface area contributed by atoms with Gasteiger partial charge >= 0.3 is 17.8 Å². The number of rotatable bonds is 24. The fourth-order valence-corrected chi connectivity index (χ4v) is 15.2. The number of methoxy groups -OCH3 is 1. The average molecular weight is 1500 g/mol. The number of phenolic OH excluding ortho intramolecular Hbond substituents is 1. The molecule has 5 aromatic rings.